The Balaban J connectivity index is 1.91. The number of rotatable bonds is 10. The summed E-state index contributed by atoms with van der Waals surface area (Å²) in [5, 5.41) is 0. The first-order chi connectivity index (χ1) is 14.9. The zero-order chi connectivity index (χ0) is 22.8. The summed E-state index contributed by atoms with van der Waals surface area (Å²) < 4.78 is 26.9. The molecule has 0 bridgehead atoms. The predicted molar refractivity (Wildman–Crippen MR) is 114 cm³/mol. The molecule has 2 rings (SSSR count). The molecule has 0 spiro atoms. The molecule has 0 saturated carbocycles. The van der Waals surface area contributed by atoms with Crippen LogP contribution in [-0.4, -0.2) is 45.9 Å². The summed E-state index contributed by atoms with van der Waals surface area (Å²) in [6.07, 6.45) is -0.869. The van der Waals surface area contributed by atoms with E-state index in [0.29, 0.717) is 40.9 Å². The highest BCUT2D eigenvalue weighted by Crippen LogP contribution is 2.39. The van der Waals surface area contributed by atoms with E-state index in [-0.39, 0.29) is 6.42 Å². The number of carbonyl (C=O) groups is 2. The summed E-state index contributed by atoms with van der Waals surface area (Å²) in [6.45, 7) is 4.04. The number of nitrogens with one attached hydrogen (secondary N) is 2. The number of amides is 2. The number of methoxy groups -OCH3 is 3. The monoisotopic (exact) mass is 432 g/mol. The Morgan fingerprint density at radius 3 is 2.10 bits per heavy atom. The number of hydrogen-bond donors (Lipinski definition) is 2. The van der Waals surface area contributed by atoms with Crippen LogP contribution in [0.3, 0.4) is 0 Å². The zero-order valence-corrected chi connectivity index (χ0v) is 18.3. The second-order valence-corrected chi connectivity index (χ2v) is 6.37. The Morgan fingerprint density at radius 1 is 0.871 bits per heavy atom. The van der Waals surface area contributed by atoms with Crippen molar-refractivity contribution in [1.29, 1.82) is 0 Å². The minimum absolute atomic E-state index is 0.0437. The molecular formula is C22H28N2O7. The fourth-order valence-electron chi connectivity index (χ4n) is 2.79. The van der Waals surface area contributed by atoms with Crippen molar-refractivity contribution in [2.75, 3.05) is 27.9 Å². The van der Waals surface area contributed by atoms with Gasteiger partial charge in [0.15, 0.2) is 17.6 Å². The third-order valence-electron chi connectivity index (χ3n) is 4.28. The number of ether oxygens (including phenoxy) is 5. The maximum Gasteiger partial charge on any atom is 0.279 e. The minimum Gasteiger partial charge on any atom is -0.494 e. The van der Waals surface area contributed by atoms with E-state index in [1.807, 2.05) is 6.92 Å². The molecule has 2 aromatic carbocycles. The van der Waals surface area contributed by atoms with Crippen LogP contribution in [0.1, 0.15) is 19.4 Å². The van der Waals surface area contributed by atoms with Crippen LogP contribution in [-0.2, 0) is 16.0 Å². The van der Waals surface area contributed by atoms with E-state index in [9.17, 15) is 9.59 Å². The lowest BCUT2D eigenvalue weighted by molar-refractivity contribution is -0.132. The minimum atomic E-state index is -0.825. The second kappa shape index (κ2) is 11.5. The smallest absolute Gasteiger partial charge is 0.279 e. The van der Waals surface area contributed by atoms with Crippen molar-refractivity contribution in [1.82, 2.24) is 10.9 Å². The van der Waals surface area contributed by atoms with Crippen molar-refractivity contribution < 1.29 is 33.3 Å². The summed E-state index contributed by atoms with van der Waals surface area (Å²) in [5.41, 5.74) is 5.31. The van der Waals surface area contributed by atoms with Crippen LogP contribution in [0, 0.1) is 0 Å². The first-order valence-corrected chi connectivity index (χ1v) is 9.69. The van der Waals surface area contributed by atoms with E-state index in [0.717, 1.165) is 0 Å². The highest BCUT2D eigenvalue weighted by molar-refractivity contribution is 5.86. The summed E-state index contributed by atoms with van der Waals surface area (Å²) in [4.78, 5) is 24.6. The Hall–Kier alpha value is -3.62. The van der Waals surface area contributed by atoms with Crippen molar-refractivity contribution in [2.24, 2.45) is 0 Å². The predicted octanol–water partition coefficient (Wildman–Crippen LogP) is 2.27. The SMILES string of the molecule is CCOc1ccc(OC(C)C(=O)NNC(=O)Cc2ccc(OC)c(OC)c2OC)cc1. The Labute approximate surface area is 181 Å². The van der Waals surface area contributed by atoms with Gasteiger partial charge in [-0.15, -0.1) is 0 Å². The molecule has 0 aromatic heterocycles. The van der Waals surface area contributed by atoms with Crippen molar-refractivity contribution >= 4 is 11.8 Å². The summed E-state index contributed by atoms with van der Waals surface area (Å²) in [5.74, 6) is 1.54. The lowest BCUT2D eigenvalue weighted by Crippen LogP contribution is -2.47. The van der Waals surface area contributed by atoms with E-state index in [2.05, 4.69) is 10.9 Å². The van der Waals surface area contributed by atoms with Gasteiger partial charge < -0.3 is 23.7 Å². The molecule has 1 unspecified atom stereocenters. The van der Waals surface area contributed by atoms with Crippen LogP contribution in [0.5, 0.6) is 28.7 Å². The second-order valence-electron chi connectivity index (χ2n) is 6.37. The first kappa shape index (κ1) is 23.7. The van der Waals surface area contributed by atoms with Crippen molar-refractivity contribution in [3.05, 3.63) is 42.0 Å². The van der Waals surface area contributed by atoms with Crippen LogP contribution in [0.25, 0.3) is 0 Å². The standard InChI is InChI=1S/C22H28N2O7/c1-6-30-16-8-10-17(11-9-16)31-14(2)22(26)24-23-19(25)13-15-7-12-18(27-3)21(29-5)20(15)28-4/h7-12,14H,6,13H2,1-5H3,(H,23,25)(H,24,26). The molecule has 0 fully saturated rings. The molecule has 0 saturated heterocycles. The van der Waals surface area contributed by atoms with E-state index in [1.54, 1.807) is 43.3 Å². The molecule has 2 aromatic rings. The van der Waals surface area contributed by atoms with Crippen molar-refractivity contribution in [3.8, 4) is 28.7 Å². The highest BCUT2D eigenvalue weighted by Gasteiger charge is 2.19. The fourth-order valence-corrected chi connectivity index (χ4v) is 2.79. The lowest BCUT2D eigenvalue weighted by atomic mass is 10.1. The Morgan fingerprint density at radius 2 is 1.52 bits per heavy atom. The molecule has 0 aliphatic carbocycles. The lowest BCUT2D eigenvalue weighted by Gasteiger charge is -2.17. The number of benzene rings is 2. The van der Waals surface area contributed by atoms with Gasteiger partial charge in [-0.05, 0) is 44.2 Å². The molecule has 31 heavy (non-hydrogen) atoms. The normalized spacial score (nSPS) is 11.1. The first-order valence-electron chi connectivity index (χ1n) is 9.69. The molecule has 1 atom stereocenters. The number of hydrazine groups is 1. The quantitative estimate of drug-likeness (QED) is 0.555. The Kier molecular flexibility index (Phi) is 8.80. The van der Waals surface area contributed by atoms with Gasteiger partial charge in [0.2, 0.25) is 11.7 Å². The average molecular weight is 432 g/mol. The van der Waals surface area contributed by atoms with Gasteiger partial charge in [0.05, 0.1) is 34.4 Å². The van der Waals surface area contributed by atoms with Crippen LogP contribution in [0.2, 0.25) is 0 Å². The van der Waals surface area contributed by atoms with Gasteiger partial charge in [0.1, 0.15) is 11.5 Å². The summed E-state index contributed by atoms with van der Waals surface area (Å²) in [6, 6.07) is 10.3. The third kappa shape index (κ3) is 6.43. The van der Waals surface area contributed by atoms with Crippen LogP contribution in [0.4, 0.5) is 0 Å². The van der Waals surface area contributed by atoms with Gasteiger partial charge in [-0.25, -0.2) is 0 Å². The summed E-state index contributed by atoms with van der Waals surface area (Å²) >= 11 is 0. The largest absolute Gasteiger partial charge is 0.494 e. The number of hydrogen-bond acceptors (Lipinski definition) is 7. The molecule has 2 N–H and O–H groups in total. The van der Waals surface area contributed by atoms with E-state index in [1.165, 1.54) is 21.3 Å². The molecule has 0 heterocycles. The average Bonchev–Trinajstić information content (AvgIpc) is 2.78. The van der Waals surface area contributed by atoms with Crippen molar-refractivity contribution in [2.45, 2.75) is 26.4 Å². The Bertz CT molecular complexity index is 884. The molecule has 2 amide bonds. The van der Waals surface area contributed by atoms with Crippen LogP contribution in [0.15, 0.2) is 36.4 Å². The van der Waals surface area contributed by atoms with Gasteiger partial charge in [-0.2, -0.15) is 0 Å². The number of carbonyl (C=O) groups excluding carboxylic acids is 2. The van der Waals surface area contributed by atoms with Crippen LogP contribution >= 0.6 is 0 Å². The molecule has 0 aliphatic heterocycles. The van der Waals surface area contributed by atoms with Crippen molar-refractivity contribution in [3.63, 3.8) is 0 Å². The van der Waals surface area contributed by atoms with E-state index >= 15 is 0 Å². The van der Waals surface area contributed by atoms with E-state index in [4.69, 9.17) is 23.7 Å². The fraction of sp³-hybridized carbons (Fsp3) is 0.364. The maximum atomic E-state index is 12.3. The molecule has 0 radical (unpaired) electrons. The third-order valence-corrected chi connectivity index (χ3v) is 4.28. The van der Waals surface area contributed by atoms with Gasteiger partial charge in [0, 0.05) is 5.56 Å². The van der Waals surface area contributed by atoms with E-state index < -0.39 is 17.9 Å². The molecule has 9 heteroatoms. The zero-order valence-electron chi connectivity index (χ0n) is 18.3. The topological polar surface area (TPSA) is 104 Å². The summed E-state index contributed by atoms with van der Waals surface area (Å²) in [7, 11) is 4.46. The highest BCUT2D eigenvalue weighted by atomic mass is 16.5. The maximum absolute atomic E-state index is 12.3. The molecule has 0 aliphatic rings. The molecule has 168 valence electrons. The van der Waals surface area contributed by atoms with Crippen LogP contribution < -0.4 is 34.5 Å². The molecule has 9 nitrogen and oxygen atoms in total. The van der Waals surface area contributed by atoms with Gasteiger partial charge in [0.25, 0.3) is 5.91 Å². The van der Waals surface area contributed by atoms with Gasteiger partial charge in [-0.1, -0.05) is 6.07 Å². The van der Waals surface area contributed by atoms with Gasteiger partial charge in [-0.3, -0.25) is 20.4 Å². The van der Waals surface area contributed by atoms with Gasteiger partial charge >= 0.3 is 0 Å². The molecular weight excluding hydrogens is 404 g/mol.